The fourth-order valence-corrected chi connectivity index (χ4v) is 1.53. The van der Waals surface area contributed by atoms with Gasteiger partial charge in [0.15, 0.2) is 6.29 Å². The van der Waals surface area contributed by atoms with Crippen LogP contribution in [0.2, 0.25) is 0 Å². The van der Waals surface area contributed by atoms with Crippen molar-refractivity contribution in [1.29, 1.82) is 0 Å². The molecule has 3 amide bonds. The summed E-state index contributed by atoms with van der Waals surface area (Å²) in [5.41, 5.74) is 0. The molecule has 8 heteroatoms. The quantitative estimate of drug-likeness (QED) is 0.542. The number of nitrogens with one attached hydrogen (secondary N) is 1. The molecule has 0 aromatic carbocycles. The van der Waals surface area contributed by atoms with E-state index in [9.17, 15) is 14.4 Å². The molecule has 0 aliphatic carbocycles. The molecule has 0 saturated carbocycles. The highest BCUT2D eigenvalue weighted by Crippen LogP contribution is 2.12. The zero-order valence-electron chi connectivity index (χ0n) is 10.5. The summed E-state index contributed by atoms with van der Waals surface area (Å²) < 4.78 is 9.87. The number of hydrogen-bond donors (Lipinski definition) is 1. The van der Waals surface area contributed by atoms with Gasteiger partial charge in [0.25, 0.3) is 11.8 Å². The molecule has 102 valence electrons. The lowest BCUT2D eigenvalue weighted by Crippen LogP contribution is -2.46. The van der Waals surface area contributed by atoms with Gasteiger partial charge in [-0.2, -0.15) is 0 Å². The van der Waals surface area contributed by atoms with Crippen LogP contribution >= 0.6 is 0 Å². The molecule has 1 unspecified atom stereocenters. The molecule has 1 fully saturated rings. The van der Waals surface area contributed by atoms with Gasteiger partial charge in [0.1, 0.15) is 0 Å². The molecule has 0 bridgehead atoms. The Balaban J connectivity index is 2.46. The minimum atomic E-state index is -0.912. The van der Waals surface area contributed by atoms with E-state index in [1.807, 2.05) is 0 Å². The number of ether oxygens (including phenoxy) is 2. The van der Waals surface area contributed by atoms with Crippen LogP contribution < -0.4 is 5.32 Å². The minimum Gasteiger partial charge on any atom is -0.354 e. The summed E-state index contributed by atoms with van der Waals surface area (Å²) in [6.45, 7) is 1.63. The van der Waals surface area contributed by atoms with E-state index < -0.39 is 30.2 Å². The second-order valence-corrected chi connectivity index (χ2v) is 3.73. The maximum Gasteiger partial charge on any atom is 0.432 e. The molecule has 1 N–H and O–H groups in total. The van der Waals surface area contributed by atoms with Crippen LogP contribution in [0.25, 0.3) is 0 Å². The van der Waals surface area contributed by atoms with Gasteiger partial charge in [-0.25, -0.2) is 4.79 Å². The van der Waals surface area contributed by atoms with E-state index in [0.29, 0.717) is 5.06 Å². The number of carbonyl (C=O) groups excluding carboxylic acids is 3. The molecule has 1 saturated heterocycles. The van der Waals surface area contributed by atoms with Gasteiger partial charge < -0.3 is 19.6 Å². The van der Waals surface area contributed by atoms with Crippen LogP contribution in [0.5, 0.6) is 0 Å². The van der Waals surface area contributed by atoms with Crippen LogP contribution in [0.15, 0.2) is 0 Å². The second kappa shape index (κ2) is 6.31. The number of amides is 3. The van der Waals surface area contributed by atoms with Crippen molar-refractivity contribution in [3.05, 3.63) is 0 Å². The predicted molar refractivity (Wildman–Crippen MR) is 58.0 cm³/mol. The third kappa shape index (κ3) is 3.41. The molecule has 1 rings (SSSR count). The first-order valence-corrected chi connectivity index (χ1v) is 5.39. The zero-order chi connectivity index (χ0) is 13.7. The highest BCUT2D eigenvalue weighted by molar-refractivity contribution is 6.01. The Labute approximate surface area is 104 Å². The van der Waals surface area contributed by atoms with Gasteiger partial charge >= 0.3 is 6.09 Å². The second-order valence-electron chi connectivity index (χ2n) is 3.73. The molecule has 0 aromatic heterocycles. The summed E-state index contributed by atoms with van der Waals surface area (Å²) in [5.74, 6) is -1.06. The maximum absolute atomic E-state index is 11.4. The highest BCUT2D eigenvalue weighted by Gasteiger charge is 2.33. The molecule has 0 spiro atoms. The molecule has 0 radical (unpaired) electrons. The summed E-state index contributed by atoms with van der Waals surface area (Å²) in [5, 5.41) is 2.86. The fraction of sp³-hybridized carbons (Fsp3) is 0.700. The summed E-state index contributed by atoms with van der Waals surface area (Å²) in [4.78, 5) is 38.5. The topological polar surface area (TPSA) is 94.2 Å². The van der Waals surface area contributed by atoms with Crippen LogP contribution in [-0.4, -0.2) is 49.5 Å². The number of nitrogens with zero attached hydrogens (tertiary/aromatic N) is 1. The highest BCUT2D eigenvalue weighted by atomic mass is 16.7. The van der Waals surface area contributed by atoms with E-state index in [-0.39, 0.29) is 12.8 Å². The average molecular weight is 260 g/mol. The summed E-state index contributed by atoms with van der Waals surface area (Å²) >= 11 is 0. The first-order valence-electron chi connectivity index (χ1n) is 5.39. The largest absolute Gasteiger partial charge is 0.432 e. The number of imide groups is 1. The van der Waals surface area contributed by atoms with E-state index in [0.717, 1.165) is 0 Å². The summed E-state index contributed by atoms with van der Waals surface area (Å²) in [6.07, 6.45) is -1.45. The lowest BCUT2D eigenvalue weighted by Gasteiger charge is -2.22. The minimum absolute atomic E-state index is 0.0560. The molecule has 1 heterocycles. The molecular formula is C10H16N2O6. The number of carbonyl (C=O) groups is 3. The van der Waals surface area contributed by atoms with Crippen molar-refractivity contribution in [2.45, 2.75) is 32.1 Å². The van der Waals surface area contributed by atoms with E-state index in [4.69, 9.17) is 9.47 Å². The Morgan fingerprint density at radius 2 is 1.72 bits per heavy atom. The van der Waals surface area contributed by atoms with Gasteiger partial charge in [0.2, 0.25) is 0 Å². The van der Waals surface area contributed by atoms with Crippen molar-refractivity contribution < 1.29 is 28.7 Å². The summed E-state index contributed by atoms with van der Waals surface area (Å²) in [6, 6.07) is -0.500. The van der Waals surface area contributed by atoms with Crippen LogP contribution in [0.3, 0.4) is 0 Å². The molecule has 1 aliphatic rings. The SMILES string of the molecule is COC(OC)C(C)NC(=O)ON1C(=O)CCC1=O. The monoisotopic (exact) mass is 260 g/mol. The lowest BCUT2D eigenvalue weighted by molar-refractivity contribution is -0.172. The maximum atomic E-state index is 11.4. The Morgan fingerprint density at radius 3 is 2.17 bits per heavy atom. The molecule has 1 atom stereocenters. The molecule has 18 heavy (non-hydrogen) atoms. The van der Waals surface area contributed by atoms with Crippen molar-refractivity contribution >= 4 is 17.9 Å². The number of hydroxylamine groups is 2. The van der Waals surface area contributed by atoms with Crippen LogP contribution in [0, 0.1) is 0 Å². The van der Waals surface area contributed by atoms with Crippen molar-refractivity contribution in [2.24, 2.45) is 0 Å². The van der Waals surface area contributed by atoms with E-state index in [1.54, 1.807) is 6.92 Å². The van der Waals surface area contributed by atoms with Gasteiger partial charge in [-0.05, 0) is 6.92 Å². The Hall–Kier alpha value is -1.67. The molecule has 8 nitrogen and oxygen atoms in total. The van der Waals surface area contributed by atoms with E-state index in [1.165, 1.54) is 14.2 Å². The van der Waals surface area contributed by atoms with E-state index >= 15 is 0 Å². The van der Waals surface area contributed by atoms with Gasteiger partial charge in [0.05, 0.1) is 6.04 Å². The van der Waals surface area contributed by atoms with E-state index in [2.05, 4.69) is 10.2 Å². The standard InChI is InChI=1S/C10H16N2O6/c1-6(9(16-2)17-3)11-10(15)18-12-7(13)4-5-8(12)14/h6,9H,4-5H2,1-3H3,(H,11,15). The summed E-state index contributed by atoms with van der Waals surface area (Å²) in [7, 11) is 2.84. The first-order chi connectivity index (χ1) is 8.49. The van der Waals surface area contributed by atoms with Crippen LogP contribution in [-0.2, 0) is 23.9 Å². The van der Waals surface area contributed by atoms with Crippen molar-refractivity contribution in [2.75, 3.05) is 14.2 Å². The predicted octanol–water partition coefficient (Wildman–Crippen LogP) is -0.216. The van der Waals surface area contributed by atoms with Crippen molar-refractivity contribution in [3.63, 3.8) is 0 Å². The van der Waals surface area contributed by atoms with Crippen molar-refractivity contribution in [1.82, 2.24) is 10.4 Å². The molecule has 1 aliphatic heterocycles. The van der Waals surface area contributed by atoms with Gasteiger partial charge in [-0.1, -0.05) is 0 Å². The zero-order valence-corrected chi connectivity index (χ0v) is 10.5. The number of methoxy groups -OCH3 is 2. The lowest BCUT2D eigenvalue weighted by atomic mass is 10.3. The Bertz CT molecular complexity index is 325. The van der Waals surface area contributed by atoms with Crippen molar-refractivity contribution in [3.8, 4) is 0 Å². The van der Waals surface area contributed by atoms with Crippen LogP contribution in [0.1, 0.15) is 19.8 Å². The third-order valence-electron chi connectivity index (χ3n) is 2.40. The number of hydrogen-bond acceptors (Lipinski definition) is 6. The molecular weight excluding hydrogens is 244 g/mol. The fourth-order valence-electron chi connectivity index (χ4n) is 1.53. The van der Waals surface area contributed by atoms with Crippen LogP contribution in [0.4, 0.5) is 4.79 Å². The van der Waals surface area contributed by atoms with Gasteiger partial charge in [-0.15, -0.1) is 5.06 Å². The van der Waals surface area contributed by atoms with Gasteiger partial charge in [0, 0.05) is 27.1 Å². The van der Waals surface area contributed by atoms with Gasteiger partial charge in [-0.3, -0.25) is 9.59 Å². The number of rotatable bonds is 5. The Morgan fingerprint density at radius 1 is 1.22 bits per heavy atom. The smallest absolute Gasteiger partial charge is 0.354 e. The first kappa shape index (κ1) is 14.4. The average Bonchev–Trinajstić information content (AvgIpc) is 2.62. The normalized spacial score (nSPS) is 17.2. The Kier molecular flexibility index (Phi) is 5.05. The molecule has 0 aromatic rings. The third-order valence-corrected chi connectivity index (χ3v) is 2.40.